The molecule has 0 unspecified atom stereocenters. The van der Waals surface area contributed by atoms with E-state index in [0.29, 0.717) is 31.0 Å². The molecule has 5 nitrogen and oxygen atoms in total. The summed E-state index contributed by atoms with van der Waals surface area (Å²) in [6.45, 7) is 4.05. The van der Waals surface area contributed by atoms with Crippen LogP contribution in [0.3, 0.4) is 0 Å². The lowest BCUT2D eigenvalue weighted by Gasteiger charge is -2.38. The molecule has 0 amide bonds. The van der Waals surface area contributed by atoms with Crippen LogP contribution < -0.4 is 0 Å². The highest BCUT2D eigenvalue weighted by atomic mass is 32.2. The smallest absolute Gasteiger partial charge is 0.338 e. The largest absolute Gasteiger partial charge is 0.381 e. The molecule has 20 heavy (non-hydrogen) atoms. The van der Waals surface area contributed by atoms with Gasteiger partial charge in [-0.3, -0.25) is 0 Å². The van der Waals surface area contributed by atoms with Gasteiger partial charge in [0.15, 0.2) is 0 Å². The molecule has 0 aromatic carbocycles. The average molecular weight is 304 g/mol. The molecular weight excluding hydrogens is 278 g/mol. The van der Waals surface area contributed by atoms with Gasteiger partial charge in [0.2, 0.25) is 0 Å². The van der Waals surface area contributed by atoms with Crippen molar-refractivity contribution in [2.24, 2.45) is 0 Å². The molecule has 0 atom stereocenters. The Morgan fingerprint density at radius 1 is 1.30 bits per heavy atom. The minimum Gasteiger partial charge on any atom is -0.381 e. The van der Waals surface area contributed by atoms with Crippen LogP contribution in [0.4, 0.5) is 0 Å². The lowest BCUT2D eigenvalue weighted by molar-refractivity contribution is -1.08. The third kappa shape index (κ3) is 3.61. The average Bonchev–Trinajstić information content (AvgIpc) is 2.48. The van der Waals surface area contributed by atoms with E-state index < -0.39 is 10.1 Å². The van der Waals surface area contributed by atoms with E-state index in [0.717, 1.165) is 32.1 Å². The maximum Gasteiger partial charge on any atom is 0.338 e. The highest BCUT2D eigenvalue weighted by molar-refractivity contribution is 7.90. The molecule has 116 valence electrons. The lowest BCUT2D eigenvalue weighted by atomic mass is 10.1. The molecule has 0 saturated carbocycles. The zero-order valence-electron chi connectivity index (χ0n) is 12.5. The van der Waals surface area contributed by atoms with E-state index in [1.165, 1.54) is 0 Å². The number of rotatable bonds is 5. The van der Waals surface area contributed by atoms with Crippen molar-refractivity contribution in [1.29, 1.82) is 0 Å². The molecule has 1 saturated heterocycles. The predicted octanol–water partition coefficient (Wildman–Crippen LogP) is 2.35. The quantitative estimate of drug-likeness (QED) is 0.732. The Morgan fingerprint density at radius 2 is 2.00 bits per heavy atom. The van der Waals surface area contributed by atoms with Gasteiger partial charge >= 0.3 is 10.1 Å². The molecule has 1 aliphatic carbocycles. The summed E-state index contributed by atoms with van der Waals surface area (Å²) >= 11 is 0. The molecule has 1 heterocycles. The summed E-state index contributed by atoms with van der Waals surface area (Å²) in [7, 11) is -1.88. The first kappa shape index (κ1) is 15.9. The Morgan fingerprint density at radius 3 is 2.50 bits per heavy atom. The Labute approximate surface area is 122 Å². The van der Waals surface area contributed by atoms with Gasteiger partial charge in [-0.1, -0.05) is 10.4 Å². The van der Waals surface area contributed by atoms with Crippen molar-refractivity contribution < 1.29 is 22.1 Å². The third-order valence-corrected chi connectivity index (χ3v) is 5.98. The van der Waals surface area contributed by atoms with Crippen molar-refractivity contribution >= 4 is 10.1 Å². The predicted molar refractivity (Wildman–Crippen MR) is 77.1 cm³/mol. The monoisotopic (exact) mass is 304 g/mol. The Bertz CT molecular complexity index is 450. The van der Waals surface area contributed by atoms with E-state index in [2.05, 4.69) is 0 Å². The normalized spacial score (nSPS) is 31.9. The molecule has 0 aromatic heterocycles. The van der Waals surface area contributed by atoms with Gasteiger partial charge in [-0.25, -0.2) is 0 Å². The number of quaternary nitrogens is 1. The number of hydroxylamine groups is 3. The molecule has 0 spiro atoms. The first-order chi connectivity index (χ1) is 9.51. The summed E-state index contributed by atoms with van der Waals surface area (Å²) in [6.07, 6.45) is 7.22. The number of allylic oxidation sites excluding steroid dienone is 2. The summed E-state index contributed by atoms with van der Waals surface area (Å²) in [5.41, 5.74) is 0. The Balaban J connectivity index is 2.08. The van der Waals surface area contributed by atoms with Crippen molar-refractivity contribution in [3.05, 3.63) is 11.0 Å². The number of ether oxygens (including phenoxy) is 1. The number of hydrogen-bond donors (Lipinski definition) is 0. The molecule has 0 N–H and O–H groups in total. The number of nitrogens with zero attached hydrogens (tertiary/aromatic N) is 1. The lowest BCUT2D eigenvalue weighted by Crippen LogP contribution is -2.55. The third-order valence-electron chi connectivity index (χ3n) is 4.45. The number of hydrogen-bond acceptors (Lipinski definition) is 4. The fourth-order valence-electron chi connectivity index (χ4n) is 2.99. The molecule has 0 bridgehead atoms. The number of piperidine rings is 1. The van der Waals surface area contributed by atoms with Gasteiger partial charge in [0.05, 0.1) is 11.0 Å². The van der Waals surface area contributed by atoms with Crippen LogP contribution in [0.1, 0.15) is 45.4 Å². The number of methoxy groups -OCH3 is 1. The van der Waals surface area contributed by atoms with Gasteiger partial charge in [-0.15, -0.1) is 0 Å². The highest BCUT2D eigenvalue weighted by Gasteiger charge is 2.40. The first-order valence-electron chi connectivity index (χ1n) is 7.55. The standard InChI is InChI=1S/C14H26NO4S/c1-3-15(11-9-13(18-2)10-12-15)19-20(16,17)14-7-5-4-6-8-14/h7,13H,3-6,8-12H2,1-2H3/q+1. The van der Waals surface area contributed by atoms with Gasteiger partial charge in [-0.05, 0) is 32.6 Å². The molecule has 2 aliphatic rings. The Hall–Kier alpha value is -0.430. The summed E-state index contributed by atoms with van der Waals surface area (Å²) in [5, 5.41) is 0. The SMILES string of the molecule is CC[N+]1(OS(=O)(=O)C2=CCCCC2)CCC(OC)CC1. The van der Waals surface area contributed by atoms with Crippen LogP contribution in [0.5, 0.6) is 0 Å². The van der Waals surface area contributed by atoms with Crippen LogP contribution in [-0.4, -0.2) is 45.9 Å². The topological polar surface area (TPSA) is 52.6 Å². The zero-order valence-corrected chi connectivity index (χ0v) is 13.3. The van der Waals surface area contributed by atoms with Crippen molar-refractivity contribution in [3.8, 4) is 0 Å². The van der Waals surface area contributed by atoms with Crippen molar-refractivity contribution in [2.75, 3.05) is 26.7 Å². The molecule has 0 aromatic rings. The minimum absolute atomic E-state index is 0.208. The molecule has 2 rings (SSSR count). The van der Waals surface area contributed by atoms with Gasteiger partial charge in [0, 0.05) is 20.0 Å². The summed E-state index contributed by atoms with van der Waals surface area (Å²) in [5.74, 6) is 0. The Kier molecular flexibility index (Phi) is 5.23. The molecular formula is C14H26NO4S+. The first-order valence-corrected chi connectivity index (χ1v) is 8.96. The summed E-state index contributed by atoms with van der Waals surface area (Å²) in [4.78, 5) is 0.476. The second-order valence-electron chi connectivity index (χ2n) is 5.70. The van der Waals surface area contributed by atoms with E-state index in [4.69, 9.17) is 9.02 Å². The van der Waals surface area contributed by atoms with Gasteiger partial charge < -0.3 is 4.74 Å². The van der Waals surface area contributed by atoms with E-state index in [-0.39, 0.29) is 10.8 Å². The summed E-state index contributed by atoms with van der Waals surface area (Å²) in [6, 6.07) is 0. The fourth-order valence-corrected chi connectivity index (χ4v) is 4.47. The van der Waals surface area contributed by atoms with E-state index in [1.807, 2.05) is 13.0 Å². The van der Waals surface area contributed by atoms with Crippen molar-refractivity contribution in [2.45, 2.75) is 51.6 Å². The van der Waals surface area contributed by atoms with Crippen LogP contribution in [0.25, 0.3) is 0 Å². The molecule has 1 aliphatic heterocycles. The van der Waals surface area contributed by atoms with Crippen LogP contribution in [0, 0.1) is 0 Å². The van der Waals surface area contributed by atoms with Gasteiger partial charge in [-0.2, -0.15) is 13.1 Å². The van der Waals surface area contributed by atoms with E-state index >= 15 is 0 Å². The zero-order chi connectivity index (χ0) is 14.6. The molecule has 6 heteroatoms. The van der Waals surface area contributed by atoms with Crippen molar-refractivity contribution in [1.82, 2.24) is 0 Å². The second-order valence-corrected chi connectivity index (χ2v) is 7.28. The van der Waals surface area contributed by atoms with Crippen LogP contribution in [0.15, 0.2) is 11.0 Å². The molecule has 1 fully saturated rings. The van der Waals surface area contributed by atoms with Crippen molar-refractivity contribution in [3.63, 3.8) is 0 Å². The van der Waals surface area contributed by atoms with Crippen LogP contribution in [-0.2, 0) is 19.1 Å². The molecule has 0 radical (unpaired) electrons. The summed E-state index contributed by atoms with van der Waals surface area (Å²) < 4.78 is 36.1. The van der Waals surface area contributed by atoms with E-state index in [1.54, 1.807) is 7.11 Å². The van der Waals surface area contributed by atoms with Gasteiger partial charge in [0.1, 0.15) is 19.6 Å². The van der Waals surface area contributed by atoms with Crippen LogP contribution in [0.2, 0.25) is 0 Å². The second kappa shape index (κ2) is 6.56. The highest BCUT2D eigenvalue weighted by Crippen LogP contribution is 2.29. The fraction of sp³-hybridized carbons (Fsp3) is 0.857. The maximum absolute atomic E-state index is 12.4. The number of likely N-dealkylation sites (tertiary alicyclic amines) is 1. The van der Waals surface area contributed by atoms with Gasteiger partial charge in [0.25, 0.3) is 0 Å². The minimum atomic E-state index is -3.59. The van der Waals surface area contributed by atoms with Crippen LogP contribution >= 0.6 is 0 Å². The van der Waals surface area contributed by atoms with E-state index in [9.17, 15) is 8.42 Å². The maximum atomic E-state index is 12.4.